The first kappa shape index (κ1) is 30.1. The van der Waals surface area contributed by atoms with Crippen molar-refractivity contribution in [3.05, 3.63) is 88.8 Å². The van der Waals surface area contributed by atoms with Crippen LogP contribution in [-0.2, 0) is 38.4 Å². The Bertz CT molecular complexity index is 1600. The molecule has 2 aromatic heterocycles. The summed E-state index contributed by atoms with van der Waals surface area (Å²) in [6.07, 6.45) is -5.26. The van der Waals surface area contributed by atoms with Gasteiger partial charge in [-0.1, -0.05) is 17.3 Å². The largest absolute Gasteiger partial charge is 0.497 e. The third kappa shape index (κ3) is 7.28. The Morgan fingerprint density at radius 1 is 1.07 bits per heavy atom. The van der Waals surface area contributed by atoms with Crippen LogP contribution in [0, 0.1) is 5.82 Å². The molecule has 2 unspecified atom stereocenters. The molecule has 2 heterocycles. The molecule has 220 valence electrons. The predicted molar refractivity (Wildman–Crippen MR) is 138 cm³/mol. The van der Waals surface area contributed by atoms with Crippen LogP contribution in [0.1, 0.15) is 54.3 Å². The van der Waals surface area contributed by atoms with Crippen molar-refractivity contribution in [2.24, 2.45) is 0 Å². The quantitative estimate of drug-likeness (QED) is 0.176. The number of nitrogens with zero attached hydrogens (tertiary/aromatic N) is 5. The molecule has 2 aromatic carbocycles. The van der Waals surface area contributed by atoms with E-state index in [2.05, 4.69) is 15.4 Å². The van der Waals surface area contributed by atoms with Crippen LogP contribution in [0.25, 0.3) is 5.69 Å². The summed E-state index contributed by atoms with van der Waals surface area (Å²) in [5.74, 6) is -0.0195. The summed E-state index contributed by atoms with van der Waals surface area (Å²) in [5.41, 5.74) is -0.758. The van der Waals surface area contributed by atoms with Gasteiger partial charge in [0.2, 0.25) is 0 Å². The van der Waals surface area contributed by atoms with Crippen molar-refractivity contribution >= 4 is 10.1 Å². The first-order valence-electron chi connectivity index (χ1n) is 12.3. The fourth-order valence-electron chi connectivity index (χ4n) is 4.00. The second-order valence-electron chi connectivity index (χ2n) is 9.05. The number of benzene rings is 2. The summed E-state index contributed by atoms with van der Waals surface area (Å²) < 4.78 is 99.0. The molecule has 2 atom stereocenters. The Balaban J connectivity index is 1.81. The number of hydrogen-bond donors (Lipinski definition) is 0. The molecular weight excluding hydrogens is 570 g/mol. The van der Waals surface area contributed by atoms with E-state index in [1.54, 1.807) is 38.1 Å². The SMILES string of the molecule is CCn1cc(C(OS(C)(=O)=O)c2cc(C(F)(F)F)nn2-c2ccc(F)cc2C(C)OCc2ccc(OC)cc2)nn1. The Kier molecular flexibility index (Phi) is 8.80. The number of halogens is 4. The highest BCUT2D eigenvalue weighted by molar-refractivity contribution is 7.86. The second kappa shape index (κ2) is 12.0. The smallest absolute Gasteiger partial charge is 0.435 e. The molecule has 0 saturated heterocycles. The van der Waals surface area contributed by atoms with E-state index in [1.807, 2.05) is 0 Å². The Morgan fingerprint density at radius 3 is 2.37 bits per heavy atom. The maximum absolute atomic E-state index is 14.4. The van der Waals surface area contributed by atoms with Crippen LogP contribution >= 0.6 is 0 Å². The number of hydrogen-bond acceptors (Lipinski definition) is 8. The minimum atomic E-state index is -4.90. The van der Waals surface area contributed by atoms with E-state index >= 15 is 0 Å². The van der Waals surface area contributed by atoms with Gasteiger partial charge in [0.25, 0.3) is 10.1 Å². The summed E-state index contributed by atoms with van der Waals surface area (Å²) in [5, 5.41) is 11.5. The van der Waals surface area contributed by atoms with Gasteiger partial charge in [-0.15, -0.1) is 5.10 Å². The number of aromatic nitrogens is 5. The predicted octanol–water partition coefficient (Wildman–Crippen LogP) is 4.99. The summed E-state index contributed by atoms with van der Waals surface area (Å²) >= 11 is 0. The molecule has 0 radical (unpaired) electrons. The molecule has 0 spiro atoms. The Morgan fingerprint density at radius 2 is 1.78 bits per heavy atom. The molecule has 0 aliphatic heterocycles. The molecular formula is C26H27F4N5O5S. The monoisotopic (exact) mass is 597 g/mol. The molecule has 41 heavy (non-hydrogen) atoms. The summed E-state index contributed by atoms with van der Waals surface area (Å²) in [7, 11) is -2.68. The lowest BCUT2D eigenvalue weighted by Gasteiger charge is -2.21. The van der Waals surface area contributed by atoms with E-state index in [-0.39, 0.29) is 29.2 Å². The molecule has 0 aliphatic carbocycles. The topological polar surface area (TPSA) is 110 Å². The van der Waals surface area contributed by atoms with Crippen LogP contribution in [0.4, 0.5) is 17.6 Å². The maximum atomic E-state index is 14.4. The van der Waals surface area contributed by atoms with Crippen molar-refractivity contribution in [1.82, 2.24) is 24.8 Å². The van der Waals surface area contributed by atoms with E-state index in [0.717, 1.165) is 28.6 Å². The average molecular weight is 598 g/mol. The zero-order chi connectivity index (χ0) is 29.9. The lowest BCUT2D eigenvalue weighted by Crippen LogP contribution is -2.18. The van der Waals surface area contributed by atoms with Crippen LogP contribution in [0.3, 0.4) is 0 Å². The standard InChI is InChI=1S/C26H27F4N5O5S/c1-5-34-14-21(31-33-34)25(40-41(4,36)37)23-13-24(26(28,29)30)32-35(23)22-11-8-18(27)12-20(22)16(2)39-15-17-6-9-19(38-3)10-7-17/h6-14,16,25H,5,15H2,1-4H3. The lowest BCUT2D eigenvalue weighted by molar-refractivity contribution is -0.141. The molecule has 0 N–H and O–H groups in total. The van der Waals surface area contributed by atoms with E-state index in [1.165, 1.54) is 24.1 Å². The number of ether oxygens (including phenoxy) is 2. The van der Waals surface area contributed by atoms with Crippen molar-refractivity contribution in [2.45, 2.75) is 45.4 Å². The fourth-order valence-corrected chi connectivity index (χ4v) is 4.55. The average Bonchev–Trinajstić information content (AvgIpc) is 3.58. The van der Waals surface area contributed by atoms with Gasteiger partial charge in [-0.05, 0) is 55.8 Å². The molecule has 0 bridgehead atoms. The number of aryl methyl sites for hydroxylation is 1. The van der Waals surface area contributed by atoms with Crippen molar-refractivity contribution in [1.29, 1.82) is 0 Å². The first-order valence-corrected chi connectivity index (χ1v) is 14.1. The normalized spacial score (nSPS) is 13.8. The Hall–Kier alpha value is -3.82. The van der Waals surface area contributed by atoms with Crippen molar-refractivity contribution in [3.63, 3.8) is 0 Å². The summed E-state index contributed by atoms with van der Waals surface area (Å²) in [6, 6.07) is 11.1. The molecule has 4 aromatic rings. The highest BCUT2D eigenvalue weighted by Crippen LogP contribution is 2.36. The van der Waals surface area contributed by atoms with Crippen LogP contribution in [0.5, 0.6) is 5.75 Å². The third-order valence-corrected chi connectivity index (χ3v) is 6.57. The highest BCUT2D eigenvalue weighted by Gasteiger charge is 2.38. The van der Waals surface area contributed by atoms with Crippen LogP contribution in [0.15, 0.2) is 54.7 Å². The molecule has 10 nitrogen and oxygen atoms in total. The van der Waals surface area contributed by atoms with Gasteiger partial charge in [0, 0.05) is 12.1 Å². The maximum Gasteiger partial charge on any atom is 0.435 e. The summed E-state index contributed by atoms with van der Waals surface area (Å²) in [6.45, 7) is 3.81. The van der Waals surface area contributed by atoms with Crippen molar-refractivity contribution < 1.29 is 39.6 Å². The summed E-state index contributed by atoms with van der Waals surface area (Å²) in [4.78, 5) is 0. The van der Waals surface area contributed by atoms with Gasteiger partial charge in [0.1, 0.15) is 17.3 Å². The van der Waals surface area contributed by atoms with Gasteiger partial charge in [0.05, 0.1) is 43.7 Å². The molecule has 0 saturated carbocycles. The highest BCUT2D eigenvalue weighted by atomic mass is 32.2. The van der Waals surface area contributed by atoms with E-state index < -0.39 is 40.0 Å². The molecule has 0 fully saturated rings. The Labute approximate surface area is 233 Å². The molecule has 4 rings (SSSR count). The van der Waals surface area contributed by atoms with Crippen LogP contribution in [-0.4, -0.2) is 46.6 Å². The number of rotatable bonds is 11. The van der Waals surface area contributed by atoms with Gasteiger partial charge in [-0.2, -0.15) is 26.7 Å². The second-order valence-corrected chi connectivity index (χ2v) is 10.6. The van der Waals surface area contributed by atoms with Crippen LogP contribution in [0.2, 0.25) is 0 Å². The van der Waals surface area contributed by atoms with E-state index in [9.17, 15) is 26.0 Å². The number of alkyl halides is 3. The minimum absolute atomic E-state index is 0.0177. The van der Waals surface area contributed by atoms with Crippen LogP contribution < -0.4 is 4.74 Å². The number of methoxy groups -OCH3 is 1. The van der Waals surface area contributed by atoms with E-state index in [0.29, 0.717) is 18.4 Å². The fraction of sp³-hybridized carbons (Fsp3) is 0.346. The van der Waals surface area contributed by atoms with Gasteiger partial charge in [0.15, 0.2) is 11.8 Å². The first-order chi connectivity index (χ1) is 19.3. The zero-order valence-corrected chi connectivity index (χ0v) is 23.3. The van der Waals surface area contributed by atoms with Crippen molar-refractivity contribution in [2.75, 3.05) is 13.4 Å². The molecule has 15 heteroatoms. The lowest BCUT2D eigenvalue weighted by atomic mass is 10.1. The third-order valence-electron chi connectivity index (χ3n) is 6.03. The van der Waals surface area contributed by atoms with Crippen molar-refractivity contribution in [3.8, 4) is 11.4 Å². The molecule has 0 aliphatic rings. The van der Waals surface area contributed by atoms with Gasteiger partial charge in [-0.25, -0.2) is 9.07 Å². The van der Waals surface area contributed by atoms with Gasteiger partial charge >= 0.3 is 6.18 Å². The van der Waals surface area contributed by atoms with Gasteiger partial charge < -0.3 is 9.47 Å². The minimum Gasteiger partial charge on any atom is -0.497 e. The molecule has 0 amide bonds. The zero-order valence-electron chi connectivity index (χ0n) is 22.5. The van der Waals surface area contributed by atoms with Gasteiger partial charge in [-0.3, -0.25) is 8.86 Å². The van der Waals surface area contributed by atoms with E-state index in [4.69, 9.17) is 13.7 Å².